The van der Waals surface area contributed by atoms with Crippen molar-refractivity contribution in [3.05, 3.63) is 64.7 Å². The van der Waals surface area contributed by atoms with Crippen molar-refractivity contribution in [3.63, 3.8) is 0 Å². The molecule has 0 bridgehead atoms. The first-order valence-corrected chi connectivity index (χ1v) is 6.11. The van der Waals surface area contributed by atoms with Gasteiger partial charge in [-0.1, -0.05) is 24.1 Å². The maximum absolute atomic E-state index is 14.0. The van der Waals surface area contributed by atoms with Crippen molar-refractivity contribution in [1.29, 1.82) is 0 Å². The summed E-state index contributed by atoms with van der Waals surface area (Å²) in [6, 6.07) is 8.05. The second kappa shape index (κ2) is 4.69. The van der Waals surface area contributed by atoms with E-state index in [0.717, 1.165) is 11.0 Å². The van der Waals surface area contributed by atoms with Gasteiger partial charge >= 0.3 is 0 Å². The molecule has 1 N–H and O–H groups in total. The predicted octanol–water partition coefficient (Wildman–Crippen LogP) is 2.60. The second-order valence-corrected chi connectivity index (χ2v) is 4.56. The molecule has 1 unspecified atom stereocenters. The van der Waals surface area contributed by atoms with Crippen molar-refractivity contribution in [2.75, 3.05) is 4.90 Å². The molecule has 2 aromatic carbocycles. The Morgan fingerprint density at radius 3 is 2.57 bits per heavy atom. The summed E-state index contributed by atoms with van der Waals surface area (Å²) >= 11 is 0. The first-order valence-electron chi connectivity index (χ1n) is 6.11. The lowest BCUT2D eigenvalue weighted by atomic mass is 10.1. The Kier molecular flexibility index (Phi) is 2.96. The SMILES string of the molecule is C#Cc1cc(N2C(=O)c3ccccc3C2O)c(F)cc1F. The number of aliphatic hydroxyl groups excluding tert-OH is 1. The third kappa shape index (κ3) is 1.89. The summed E-state index contributed by atoms with van der Waals surface area (Å²) in [5, 5.41) is 10.2. The number of rotatable bonds is 1. The fourth-order valence-electron chi connectivity index (χ4n) is 2.37. The molecule has 1 heterocycles. The van der Waals surface area contributed by atoms with E-state index in [2.05, 4.69) is 5.92 Å². The van der Waals surface area contributed by atoms with Gasteiger partial charge in [-0.15, -0.1) is 6.42 Å². The number of fused-ring (bicyclic) bond motifs is 1. The summed E-state index contributed by atoms with van der Waals surface area (Å²) in [6.45, 7) is 0. The Morgan fingerprint density at radius 1 is 1.19 bits per heavy atom. The van der Waals surface area contributed by atoms with Crippen molar-refractivity contribution < 1.29 is 18.7 Å². The van der Waals surface area contributed by atoms with Crippen molar-refractivity contribution in [3.8, 4) is 12.3 Å². The van der Waals surface area contributed by atoms with Crippen LogP contribution in [0.15, 0.2) is 36.4 Å². The number of hydrogen-bond donors (Lipinski definition) is 1. The Morgan fingerprint density at radius 2 is 1.90 bits per heavy atom. The average molecular weight is 285 g/mol. The number of anilines is 1. The first-order chi connectivity index (χ1) is 10.0. The lowest BCUT2D eigenvalue weighted by Crippen LogP contribution is -2.28. The highest BCUT2D eigenvalue weighted by molar-refractivity contribution is 6.10. The highest BCUT2D eigenvalue weighted by atomic mass is 19.1. The molecule has 21 heavy (non-hydrogen) atoms. The van der Waals surface area contributed by atoms with Crippen molar-refractivity contribution in [2.24, 2.45) is 0 Å². The van der Waals surface area contributed by atoms with Gasteiger partial charge in [-0.25, -0.2) is 8.78 Å². The predicted molar refractivity (Wildman–Crippen MR) is 72.5 cm³/mol. The molecule has 1 aliphatic heterocycles. The molecule has 1 aliphatic rings. The number of nitrogens with zero attached hydrogens (tertiary/aromatic N) is 1. The lowest BCUT2D eigenvalue weighted by Gasteiger charge is -2.21. The Hall–Kier alpha value is -2.71. The molecular formula is C16H9F2NO2. The maximum Gasteiger partial charge on any atom is 0.261 e. The molecular weight excluding hydrogens is 276 g/mol. The highest BCUT2D eigenvalue weighted by Gasteiger charge is 2.37. The summed E-state index contributed by atoms with van der Waals surface area (Å²) in [7, 11) is 0. The van der Waals surface area contributed by atoms with E-state index in [1.807, 2.05) is 0 Å². The van der Waals surface area contributed by atoms with Crippen LogP contribution in [0.4, 0.5) is 14.5 Å². The van der Waals surface area contributed by atoms with E-state index in [1.54, 1.807) is 18.2 Å². The zero-order chi connectivity index (χ0) is 15.1. The second-order valence-electron chi connectivity index (χ2n) is 4.56. The summed E-state index contributed by atoms with van der Waals surface area (Å²) in [5.74, 6) is -0.345. The fourth-order valence-corrected chi connectivity index (χ4v) is 2.37. The minimum atomic E-state index is -1.33. The summed E-state index contributed by atoms with van der Waals surface area (Å²) in [4.78, 5) is 13.2. The molecule has 0 aromatic heterocycles. The average Bonchev–Trinajstić information content (AvgIpc) is 2.72. The van der Waals surface area contributed by atoms with Gasteiger partial charge in [0.25, 0.3) is 5.91 Å². The van der Waals surface area contributed by atoms with E-state index in [4.69, 9.17) is 6.42 Å². The lowest BCUT2D eigenvalue weighted by molar-refractivity contribution is 0.0933. The fraction of sp³-hybridized carbons (Fsp3) is 0.0625. The summed E-state index contributed by atoms with van der Waals surface area (Å²) in [5.41, 5.74) is 0.213. The van der Waals surface area contributed by atoms with Crippen LogP contribution in [0.2, 0.25) is 0 Å². The number of benzene rings is 2. The molecule has 0 saturated carbocycles. The Balaban J connectivity index is 2.16. The van der Waals surface area contributed by atoms with Gasteiger partial charge in [0.1, 0.15) is 11.6 Å². The molecule has 2 aromatic rings. The highest BCUT2D eigenvalue weighted by Crippen LogP contribution is 2.37. The zero-order valence-electron chi connectivity index (χ0n) is 10.7. The minimum Gasteiger partial charge on any atom is -0.369 e. The van der Waals surface area contributed by atoms with Gasteiger partial charge < -0.3 is 5.11 Å². The van der Waals surface area contributed by atoms with E-state index < -0.39 is 23.8 Å². The summed E-state index contributed by atoms with van der Waals surface area (Å²) in [6.07, 6.45) is 3.81. The normalized spacial score (nSPS) is 16.8. The van der Waals surface area contributed by atoms with E-state index >= 15 is 0 Å². The summed E-state index contributed by atoms with van der Waals surface area (Å²) < 4.78 is 27.4. The molecule has 3 nitrogen and oxygen atoms in total. The van der Waals surface area contributed by atoms with Gasteiger partial charge in [-0.05, 0) is 12.1 Å². The molecule has 104 valence electrons. The first kappa shape index (κ1) is 13.3. The largest absolute Gasteiger partial charge is 0.369 e. The zero-order valence-corrected chi connectivity index (χ0v) is 10.7. The molecule has 1 atom stereocenters. The van der Waals surface area contributed by atoms with Crippen LogP contribution in [0.3, 0.4) is 0 Å². The van der Waals surface area contributed by atoms with Gasteiger partial charge in [-0.3, -0.25) is 9.69 Å². The standard InChI is InChI=1S/C16H9F2NO2/c1-2-9-7-14(13(18)8-12(9)17)19-15(20)10-5-3-4-6-11(10)16(19)21/h1,3-8,15,20H. The number of aliphatic hydroxyl groups is 1. The monoisotopic (exact) mass is 285 g/mol. The number of terminal acetylenes is 1. The van der Waals surface area contributed by atoms with Crippen LogP contribution in [0.1, 0.15) is 27.7 Å². The van der Waals surface area contributed by atoms with Crippen molar-refractivity contribution in [2.45, 2.75) is 6.23 Å². The number of carbonyl (C=O) groups is 1. The van der Waals surface area contributed by atoms with E-state index in [0.29, 0.717) is 11.6 Å². The van der Waals surface area contributed by atoms with Crippen LogP contribution in [0.5, 0.6) is 0 Å². The third-order valence-electron chi connectivity index (χ3n) is 3.38. The van der Waals surface area contributed by atoms with Crippen LogP contribution in [0, 0.1) is 24.0 Å². The maximum atomic E-state index is 14.0. The Labute approximate surface area is 119 Å². The van der Waals surface area contributed by atoms with E-state index in [9.17, 15) is 18.7 Å². The molecule has 3 rings (SSSR count). The van der Waals surface area contributed by atoms with Gasteiger partial charge in [0.15, 0.2) is 6.23 Å². The van der Waals surface area contributed by atoms with Crippen LogP contribution < -0.4 is 4.90 Å². The Bertz CT molecular complexity index is 795. The van der Waals surface area contributed by atoms with Crippen LogP contribution >= 0.6 is 0 Å². The number of carbonyl (C=O) groups excluding carboxylic acids is 1. The molecule has 0 saturated heterocycles. The van der Waals surface area contributed by atoms with E-state index in [1.165, 1.54) is 6.07 Å². The molecule has 5 heteroatoms. The molecule has 1 amide bonds. The minimum absolute atomic E-state index is 0.178. The molecule has 0 fully saturated rings. The van der Waals surface area contributed by atoms with Gasteiger partial charge in [0.05, 0.1) is 11.3 Å². The molecule has 0 radical (unpaired) electrons. The van der Waals surface area contributed by atoms with Gasteiger partial charge in [0, 0.05) is 17.2 Å². The van der Waals surface area contributed by atoms with Gasteiger partial charge in [0.2, 0.25) is 0 Å². The van der Waals surface area contributed by atoms with Crippen molar-refractivity contribution in [1.82, 2.24) is 0 Å². The number of amides is 1. The smallest absolute Gasteiger partial charge is 0.261 e. The molecule has 0 spiro atoms. The quantitative estimate of drug-likeness (QED) is 0.818. The van der Waals surface area contributed by atoms with E-state index in [-0.39, 0.29) is 16.8 Å². The van der Waals surface area contributed by atoms with Crippen LogP contribution in [-0.4, -0.2) is 11.0 Å². The van der Waals surface area contributed by atoms with Crippen LogP contribution in [-0.2, 0) is 0 Å². The number of halogens is 2. The van der Waals surface area contributed by atoms with Gasteiger partial charge in [-0.2, -0.15) is 0 Å². The molecule has 0 aliphatic carbocycles. The van der Waals surface area contributed by atoms with Crippen molar-refractivity contribution >= 4 is 11.6 Å². The third-order valence-corrected chi connectivity index (χ3v) is 3.38. The number of hydrogen-bond acceptors (Lipinski definition) is 2. The van der Waals surface area contributed by atoms with Crippen LogP contribution in [0.25, 0.3) is 0 Å². The topological polar surface area (TPSA) is 40.5 Å².